The second-order valence-electron chi connectivity index (χ2n) is 8.64. The number of aromatic amines is 1. The normalized spacial score (nSPS) is 27.5. The Balaban J connectivity index is 0.00000181. The Morgan fingerprint density at radius 3 is 2.69 bits per heavy atom. The van der Waals surface area contributed by atoms with Crippen LogP contribution < -0.4 is 0 Å². The molecule has 0 aliphatic carbocycles. The van der Waals surface area contributed by atoms with Crippen LogP contribution in [-0.4, -0.2) is 72.3 Å². The van der Waals surface area contributed by atoms with Gasteiger partial charge in [0.25, 0.3) is 0 Å². The first-order valence-electron chi connectivity index (χ1n) is 10.8. The molecule has 0 saturated carbocycles. The molecule has 6 heterocycles. The largest absolute Gasteiger partial charge is 0.441 e. The van der Waals surface area contributed by atoms with E-state index in [1.807, 2.05) is 0 Å². The van der Waals surface area contributed by atoms with Gasteiger partial charge in [0.05, 0.1) is 13.2 Å². The summed E-state index contributed by atoms with van der Waals surface area (Å²) in [6.45, 7) is 8.40. The van der Waals surface area contributed by atoms with E-state index in [2.05, 4.69) is 33.1 Å². The fourth-order valence-corrected chi connectivity index (χ4v) is 5.48. The number of benzene rings is 1. The van der Waals surface area contributed by atoms with E-state index >= 15 is 0 Å². The first kappa shape index (κ1) is 19.4. The number of nitrogens with zero attached hydrogens (tertiary/aromatic N) is 3. The van der Waals surface area contributed by atoms with Crippen LogP contribution in [0.5, 0.6) is 0 Å². The van der Waals surface area contributed by atoms with E-state index in [-0.39, 0.29) is 12.4 Å². The van der Waals surface area contributed by atoms with Crippen LogP contribution in [0.25, 0.3) is 22.0 Å². The van der Waals surface area contributed by atoms with Crippen molar-refractivity contribution in [2.45, 2.75) is 25.2 Å². The maximum absolute atomic E-state index is 6.15. The van der Waals surface area contributed by atoms with Gasteiger partial charge < -0.3 is 19.0 Å². The van der Waals surface area contributed by atoms with Crippen molar-refractivity contribution in [1.29, 1.82) is 0 Å². The second-order valence-corrected chi connectivity index (χ2v) is 8.64. The molecule has 2 bridgehead atoms. The van der Waals surface area contributed by atoms with Gasteiger partial charge in [-0.3, -0.25) is 4.90 Å². The Morgan fingerprint density at radius 1 is 1.10 bits per heavy atom. The summed E-state index contributed by atoms with van der Waals surface area (Å²) in [7, 11) is 0. The maximum Gasteiger partial charge on any atom is 0.196 e. The lowest BCUT2D eigenvalue weighted by atomic mass is 9.75. The number of H-pyrrole nitrogens is 1. The minimum absolute atomic E-state index is 0. The van der Waals surface area contributed by atoms with Crippen molar-refractivity contribution in [1.82, 2.24) is 19.8 Å². The van der Waals surface area contributed by atoms with Gasteiger partial charge in [-0.15, -0.1) is 12.4 Å². The van der Waals surface area contributed by atoms with E-state index in [0.29, 0.717) is 5.92 Å². The van der Waals surface area contributed by atoms with Crippen molar-refractivity contribution in [2.24, 2.45) is 5.92 Å². The highest BCUT2D eigenvalue weighted by Crippen LogP contribution is 2.42. The monoisotopic (exact) mass is 416 g/mol. The molecule has 7 heteroatoms. The summed E-state index contributed by atoms with van der Waals surface area (Å²) in [6.07, 6.45) is 5.75. The third kappa shape index (κ3) is 3.46. The molecule has 2 aromatic heterocycles. The number of hydrogen-bond acceptors (Lipinski definition) is 5. The zero-order valence-electron chi connectivity index (χ0n) is 16.7. The highest BCUT2D eigenvalue weighted by molar-refractivity contribution is 6.04. The van der Waals surface area contributed by atoms with Crippen LogP contribution in [0.15, 0.2) is 22.7 Å². The highest BCUT2D eigenvalue weighted by atomic mass is 35.5. The summed E-state index contributed by atoms with van der Waals surface area (Å²) in [6, 6.07) is 4.22. The van der Waals surface area contributed by atoms with E-state index in [9.17, 15) is 0 Å². The van der Waals surface area contributed by atoms with E-state index < -0.39 is 0 Å². The van der Waals surface area contributed by atoms with Gasteiger partial charge >= 0.3 is 0 Å². The molecule has 1 aromatic carbocycles. The fourth-order valence-electron chi connectivity index (χ4n) is 5.48. The number of hydrogen-bond donors (Lipinski definition) is 1. The average Bonchev–Trinajstić information content (AvgIpc) is 3.37. The van der Waals surface area contributed by atoms with Crippen LogP contribution in [0.3, 0.4) is 0 Å². The summed E-state index contributed by atoms with van der Waals surface area (Å²) in [5, 5.41) is 1.29. The molecule has 156 valence electrons. The lowest BCUT2D eigenvalue weighted by Crippen LogP contribution is -2.46. The molecular weight excluding hydrogens is 388 g/mol. The number of piperidine rings is 3. The smallest absolute Gasteiger partial charge is 0.196 e. The van der Waals surface area contributed by atoms with Gasteiger partial charge in [-0.05, 0) is 49.5 Å². The number of fused-ring (bicyclic) bond motifs is 6. The number of nitrogens with one attached hydrogen (secondary N) is 1. The third-order valence-corrected chi connectivity index (χ3v) is 7.08. The summed E-state index contributed by atoms with van der Waals surface area (Å²) in [4.78, 5) is 13.5. The average molecular weight is 417 g/mol. The van der Waals surface area contributed by atoms with Crippen molar-refractivity contribution in [2.75, 3.05) is 52.5 Å². The standard InChI is InChI=1S/C22H28N4O2.ClH/c1-2-19-22(24-20(28-19)5-8-25-9-11-27-12-10-25)21-16(13-23-18(1)21)17-14-26-6-3-15(17)4-7-26;/h1-2,13,15,17,23H,3-12,14H2;1H. The summed E-state index contributed by atoms with van der Waals surface area (Å²) >= 11 is 0. The van der Waals surface area contributed by atoms with Gasteiger partial charge in [0.1, 0.15) is 5.52 Å². The van der Waals surface area contributed by atoms with Gasteiger partial charge in [0.15, 0.2) is 11.5 Å². The number of aromatic nitrogens is 2. The van der Waals surface area contributed by atoms with Crippen LogP contribution in [0.2, 0.25) is 0 Å². The topological polar surface area (TPSA) is 57.5 Å². The molecule has 4 fully saturated rings. The van der Waals surface area contributed by atoms with E-state index in [0.717, 1.165) is 62.2 Å². The number of oxazole rings is 1. The lowest BCUT2D eigenvalue weighted by Gasteiger charge is -2.44. The van der Waals surface area contributed by atoms with Crippen LogP contribution >= 0.6 is 12.4 Å². The summed E-state index contributed by atoms with van der Waals surface area (Å²) < 4.78 is 11.6. The molecule has 0 amide bonds. The van der Waals surface area contributed by atoms with Crippen LogP contribution in [0.1, 0.15) is 30.2 Å². The predicted octanol–water partition coefficient (Wildman–Crippen LogP) is 3.41. The van der Waals surface area contributed by atoms with Crippen LogP contribution in [0.4, 0.5) is 0 Å². The quantitative estimate of drug-likeness (QED) is 0.706. The molecule has 1 atom stereocenters. The number of ether oxygens (including phenoxy) is 1. The van der Waals surface area contributed by atoms with Gasteiger partial charge in [-0.25, -0.2) is 4.98 Å². The van der Waals surface area contributed by atoms with Crippen LogP contribution in [-0.2, 0) is 11.2 Å². The zero-order valence-corrected chi connectivity index (χ0v) is 17.5. The van der Waals surface area contributed by atoms with Crippen molar-refractivity contribution >= 4 is 34.4 Å². The molecule has 1 N–H and O–H groups in total. The Kier molecular flexibility index (Phi) is 5.28. The molecule has 7 rings (SSSR count). The molecule has 6 nitrogen and oxygen atoms in total. The van der Waals surface area contributed by atoms with Crippen molar-refractivity contribution < 1.29 is 9.15 Å². The number of rotatable bonds is 4. The molecule has 29 heavy (non-hydrogen) atoms. The second kappa shape index (κ2) is 7.91. The molecule has 0 radical (unpaired) electrons. The molecule has 4 saturated heterocycles. The van der Waals surface area contributed by atoms with E-state index in [4.69, 9.17) is 14.1 Å². The molecule has 4 aliphatic rings. The van der Waals surface area contributed by atoms with Crippen molar-refractivity contribution in [3.05, 3.63) is 29.8 Å². The zero-order chi connectivity index (χ0) is 18.5. The Morgan fingerprint density at radius 2 is 1.93 bits per heavy atom. The maximum atomic E-state index is 6.15. The molecule has 1 unspecified atom stereocenters. The van der Waals surface area contributed by atoms with Gasteiger partial charge in [0.2, 0.25) is 0 Å². The lowest BCUT2D eigenvalue weighted by molar-refractivity contribution is 0.0378. The third-order valence-electron chi connectivity index (χ3n) is 7.08. The number of morpholine rings is 1. The first-order chi connectivity index (χ1) is 13.8. The van der Waals surface area contributed by atoms with Gasteiger partial charge in [-0.1, -0.05) is 0 Å². The SMILES string of the molecule is Cl.c1[nH]c2ccc3oc(CCN4CCOCC4)nc3c2c1C1CN2CCC1CC2. The Hall–Kier alpha value is -1.60. The molecular formula is C22H29ClN4O2. The van der Waals surface area contributed by atoms with Gasteiger partial charge in [0, 0.05) is 55.6 Å². The molecule has 4 aliphatic heterocycles. The van der Waals surface area contributed by atoms with Crippen molar-refractivity contribution in [3.8, 4) is 0 Å². The molecule has 0 spiro atoms. The first-order valence-corrected chi connectivity index (χ1v) is 10.8. The highest BCUT2D eigenvalue weighted by Gasteiger charge is 2.36. The summed E-state index contributed by atoms with van der Waals surface area (Å²) in [5.41, 5.74) is 4.60. The molecule has 3 aromatic rings. The minimum atomic E-state index is 0. The Bertz CT molecular complexity index is 985. The van der Waals surface area contributed by atoms with E-state index in [1.54, 1.807) is 0 Å². The fraction of sp³-hybridized carbons (Fsp3) is 0.591. The predicted molar refractivity (Wildman–Crippen MR) is 116 cm³/mol. The van der Waals surface area contributed by atoms with Gasteiger partial charge in [-0.2, -0.15) is 0 Å². The van der Waals surface area contributed by atoms with E-state index in [1.165, 1.54) is 48.9 Å². The summed E-state index contributed by atoms with van der Waals surface area (Å²) in [5.74, 6) is 2.29. The Labute approximate surface area is 177 Å². The minimum Gasteiger partial charge on any atom is -0.441 e. The van der Waals surface area contributed by atoms with Crippen molar-refractivity contribution in [3.63, 3.8) is 0 Å². The van der Waals surface area contributed by atoms with Crippen LogP contribution in [0, 0.1) is 5.92 Å². The number of halogens is 1.